The van der Waals surface area contributed by atoms with E-state index < -0.39 is 0 Å². The highest BCUT2D eigenvalue weighted by Crippen LogP contribution is 2.25. The number of guanidine groups is 1. The molecule has 1 aromatic rings. The molecule has 1 aliphatic rings. The van der Waals surface area contributed by atoms with Crippen molar-refractivity contribution in [3.8, 4) is 0 Å². The van der Waals surface area contributed by atoms with Gasteiger partial charge in [-0.1, -0.05) is 30.3 Å². The number of nitrogens with one attached hydrogen (secondary N) is 3. The monoisotopic (exact) mass is 518 g/mol. The summed E-state index contributed by atoms with van der Waals surface area (Å²) in [4.78, 5) is 4.38. The molecule has 1 aliphatic heterocycles. The summed E-state index contributed by atoms with van der Waals surface area (Å²) >= 11 is 0. The number of unbranched alkanes of at least 4 members (excludes halogenated alkanes) is 1. The van der Waals surface area contributed by atoms with Crippen molar-refractivity contribution in [3.63, 3.8) is 0 Å². The molecular weight excluding hydrogens is 479 g/mol. The highest BCUT2D eigenvalue weighted by atomic mass is 127. The van der Waals surface area contributed by atoms with Crippen molar-refractivity contribution in [2.75, 3.05) is 46.6 Å². The molecule has 2 rings (SSSR count). The number of aliphatic imine (C=N–C) groups is 1. The van der Waals surface area contributed by atoms with E-state index in [0.29, 0.717) is 0 Å². The number of rotatable bonds is 11. The second kappa shape index (κ2) is 15.0. The van der Waals surface area contributed by atoms with Gasteiger partial charge in [-0.2, -0.15) is 0 Å². The third kappa shape index (κ3) is 9.63. The van der Waals surface area contributed by atoms with Gasteiger partial charge in [0.05, 0.1) is 0 Å². The summed E-state index contributed by atoms with van der Waals surface area (Å²) in [5.74, 6) is 0.858. The Kier molecular flexibility index (Phi) is 13.5. The predicted molar refractivity (Wildman–Crippen MR) is 131 cm³/mol. The molecule has 0 amide bonds. The van der Waals surface area contributed by atoms with Crippen LogP contribution in [0.1, 0.15) is 51.1 Å². The van der Waals surface area contributed by atoms with Gasteiger partial charge in [0.1, 0.15) is 0 Å². The molecule has 0 radical (unpaired) electrons. The molecule has 0 spiro atoms. The number of ether oxygens (including phenoxy) is 2. The summed E-state index contributed by atoms with van der Waals surface area (Å²) in [7, 11) is 1.83. The first-order valence-electron chi connectivity index (χ1n) is 10.6. The van der Waals surface area contributed by atoms with Gasteiger partial charge in [0.2, 0.25) is 0 Å². The van der Waals surface area contributed by atoms with Gasteiger partial charge in [-0.3, -0.25) is 4.99 Å². The topological polar surface area (TPSA) is 66.9 Å². The Labute approximate surface area is 193 Å². The van der Waals surface area contributed by atoms with E-state index in [4.69, 9.17) is 9.47 Å². The van der Waals surface area contributed by atoms with Crippen molar-refractivity contribution >= 4 is 29.9 Å². The first-order valence-corrected chi connectivity index (χ1v) is 10.6. The highest BCUT2D eigenvalue weighted by Gasteiger charge is 2.34. The molecule has 0 aromatic heterocycles. The molecule has 0 saturated carbocycles. The number of halogens is 1. The first kappa shape index (κ1) is 26.1. The normalized spacial score (nSPS) is 17.3. The zero-order chi connectivity index (χ0) is 20.1. The van der Waals surface area contributed by atoms with E-state index in [0.717, 1.165) is 71.2 Å². The second-order valence-electron chi connectivity index (χ2n) is 7.43. The summed E-state index contributed by atoms with van der Waals surface area (Å²) in [6.45, 7) is 9.19. The van der Waals surface area contributed by atoms with Crippen molar-refractivity contribution in [2.45, 2.75) is 51.1 Å². The SMILES string of the molecule is CCOCCCCNC(=NC)NCC1(NC(C)c2ccccc2)CCOCC1.I. The molecule has 1 atom stereocenters. The van der Waals surface area contributed by atoms with Crippen LogP contribution in [0.5, 0.6) is 0 Å². The molecule has 3 N–H and O–H groups in total. The van der Waals surface area contributed by atoms with E-state index in [1.54, 1.807) is 0 Å². The fourth-order valence-electron chi connectivity index (χ4n) is 3.57. The van der Waals surface area contributed by atoms with Gasteiger partial charge in [-0.25, -0.2) is 0 Å². The molecule has 6 nitrogen and oxygen atoms in total. The standard InChI is InChI=1S/C22H38N4O2.HI/c1-4-27-15-9-8-14-24-21(23-3)25-18-22(12-16-28-17-13-22)26-19(2)20-10-6-5-7-11-20;/h5-7,10-11,19,26H,4,8-9,12-18H2,1-3H3,(H2,23,24,25);1H. The van der Waals surface area contributed by atoms with Gasteiger partial charge < -0.3 is 25.4 Å². The van der Waals surface area contributed by atoms with E-state index in [1.165, 1.54) is 5.56 Å². The molecular formula is C22H39IN4O2. The van der Waals surface area contributed by atoms with Crippen LogP contribution in [0.3, 0.4) is 0 Å². The minimum Gasteiger partial charge on any atom is -0.382 e. The Hall–Kier alpha value is -0.900. The van der Waals surface area contributed by atoms with Crippen LogP contribution in [0, 0.1) is 0 Å². The minimum absolute atomic E-state index is 0. The highest BCUT2D eigenvalue weighted by molar-refractivity contribution is 14.0. The maximum atomic E-state index is 5.63. The maximum absolute atomic E-state index is 5.63. The van der Waals surface area contributed by atoms with Crippen molar-refractivity contribution in [1.82, 2.24) is 16.0 Å². The molecule has 166 valence electrons. The average Bonchev–Trinajstić information content (AvgIpc) is 2.74. The second-order valence-corrected chi connectivity index (χ2v) is 7.43. The maximum Gasteiger partial charge on any atom is 0.191 e. The van der Waals surface area contributed by atoms with Crippen molar-refractivity contribution in [3.05, 3.63) is 35.9 Å². The predicted octanol–water partition coefficient (Wildman–Crippen LogP) is 3.49. The Balaban J connectivity index is 0.00000420. The zero-order valence-electron chi connectivity index (χ0n) is 18.2. The van der Waals surface area contributed by atoms with E-state index in [2.05, 4.69) is 58.2 Å². The third-order valence-electron chi connectivity index (χ3n) is 5.30. The van der Waals surface area contributed by atoms with Crippen LogP contribution in [0.2, 0.25) is 0 Å². The van der Waals surface area contributed by atoms with Crippen LogP contribution in [0.25, 0.3) is 0 Å². The number of benzene rings is 1. The lowest BCUT2D eigenvalue weighted by Gasteiger charge is -2.41. The van der Waals surface area contributed by atoms with Gasteiger partial charge in [0, 0.05) is 58.1 Å². The number of nitrogens with zero attached hydrogens (tertiary/aromatic N) is 1. The van der Waals surface area contributed by atoms with Gasteiger partial charge in [-0.15, -0.1) is 24.0 Å². The third-order valence-corrected chi connectivity index (χ3v) is 5.30. The lowest BCUT2D eigenvalue weighted by molar-refractivity contribution is 0.0355. The lowest BCUT2D eigenvalue weighted by atomic mass is 9.88. The molecule has 1 aromatic carbocycles. The van der Waals surface area contributed by atoms with Crippen LogP contribution >= 0.6 is 24.0 Å². The van der Waals surface area contributed by atoms with Gasteiger partial charge in [0.15, 0.2) is 5.96 Å². The van der Waals surface area contributed by atoms with Crippen molar-refractivity contribution < 1.29 is 9.47 Å². The van der Waals surface area contributed by atoms with E-state index >= 15 is 0 Å². The lowest BCUT2D eigenvalue weighted by Crippen LogP contribution is -2.58. The Morgan fingerprint density at radius 3 is 2.55 bits per heavy atom. The zero-order valence-corrected chi connectivity index (χ0v) is 20.5. The van der Waals surface area contributed by atoms with Crippen molar-refractivity contribution in [1.29, 1.82) is 0 Å². The first-order chi connectivity index (χ1) is 13.7. The van der Waals surface area contributed by atoms with E-state index in [1.807, 2.05) is 14.0 Å². The van der Waals surface area contributed by atoms with Crippen LogP contribution in [0.4, 0.5) is 0 Å². The molecule has 1 fully saturated rings. The average molecular weight is 518 g/mol. The van der Waals surface area contributed by atoms with Crippen LogP contribution in [0.15, 0.2) is 35.3 Å². The molecule has 0 aliphatic carbocycles. The van der Waals surface area contributed by atoms with Gasteiger partial charge in [-0.05, 0) is 45.1 Å². The van der Waals surface area contributed by atoms with E-state index in [-0.39, 0.29) is 35.6 Å². The Morgan fingerprint density at radius 1 is 1.17 bits per heavy atom. The Morgan fingerprint density at radius 2 is 1.90 bits per heavy atom. The molecule has 7 heteroatoms. The van der Waals surface area contributed by atoms with Crippen molar-refractivity contribution in [2.24, 2.45) is 4.99 Å². The molecule has 1 unspecified atom stereocenters. The largest absolute Gasteiger partial charge is 0.382 e. The summed E-state index contributed by atoms with van der Waals surface area (Å²) in [6.07, 6.45) is 4.11. The summed E-state index contributed by atoms with van der Waals surface area (Å²) < 4.78 is 11.0. The molecule has 1 heterocycles. The fourth-order valence-corrected chi connectivity index (χ4v) is 3.57. The minimum atomic E-state index is 0. The van der Waals surface area contributed by atoms with Gasteiger partial charge in [0.25, 0.3) is 0 Å². The van der Waals surface area contributed by atoms with Crippen LogP contribution in [-0.4, -0.2) is 58.1 Å². The summed E-state index contributed by atoms with van der Waals surface area (Å²) in [5.41, 5.74) is 1.31. The summed E-state index contributed by atoms with van der Waals surface area (Å²) in [5, 5.41) is 10.8. The summed E-state index contributed by atoms with van der Waals surface area (Å²) in [6, 6.07) is 10.9. The van der Waals surface area contributed by atoms with E-state index in [9.17, 15) is 0 Å². The molecule has 29 heavy (non-hydrogen) atoms. The Bertz CT molecular complexity index is 565. The number of hydrogen-bond acceptors (Lipinski definition) is 4. The smallest absolute Gasteiger partial charge is 0.191 e. The van der Waals surface area contributed by atoms with Gasteiger partial charge >= 0.3 is 0 Å². The van der Waals surface area contributed by atoms with Crippen LogP contribution in [-0.2, 0) is 9.47 Å². The number of hydrogen-bond donors (Lipinski definition) is 3. The van der Waals surface area contributed by atoms with Crippen LogP contribution < -0.4 is 16.0 Å². The quantitative estimate of drug-likeness (QED) is 0.181. The fraction of sp³-hybridized carbons (Fsp3) is 0.682. The molecule has 0 bridgehead atoms. The molecule has 1 saturated heterocycles.